The number of aliphatic hydroxyl groups is 1. The summed E-state index contributed by atoms with van der Waals surface area (Å²) in [4.78, 5) is 11.8. The van der Waals surface area contributed by atoms with Gasteiger partial charge in [-0.1, -0.05) is 13.8 Å². The van der Waals surface area contributed by atoms with Crippen LogP contribution in [-0.4, -0.2) is 28.5 Å². The number of carbonyl (C=O) groups is 1. The average Bonchev–Trinajstić information content (AvgIpc) is 2.92. The molecule has 2 rings (SSSR count). The summed E-state index contributed by atoms with van der Waals surface area (Å²) >= 11 is 0. The summed E-state index contributed by atoms with van der Waals surface area (Å²) in [5, 5.41) is 22.6. The number of aliphatic hydroxyl groups excluding tert-OH is 1. The van der Waals surface area contributed by atoms with Crippen LogP contribution < -0.4 is 5.32 Å². The van der Waals surface area contributed by atoms with Crippen LogP contribution in [0.5, 0.6) is 5.75 Å². The Morgan fingerprint density at radius 1 is 1.36 bits per heavy atom. The molecule has 1 aliphatic carbocycles. The van der Waals surface area contributed by atoms with E-state index in [1.54, 1.807) is 32.9 Å². The highest BCUT2D eigenvalue weighted by molar-refractivity contribution is 5.85. The van der Waals surface area contributed by atoms with Crippen LogP contribution >= 0.6 is 0 Å². The average molecular weight is 307 g/mol. The molecule has 0 bridgehead atoms. The van der Waals surface area contributed by atoms with Gasteiger partial charge < -0.3 is 14.9 Å². The van der Waals surface area contributed by atoms with Crippen molar-refractivity contribution in [2.24, 2.45) is 5.41 Å². The first-order valence-corrected chi connectivity index (χ1v) is 7.45. The number of phenols is 1. The fourth-order valence-electron chi connectivity index (χ4n) is 2.94. The normalized spacial score (nSPS) is 23.0. The molecule has 1 atom stereocenters. The number of nitrogens with one attached hydrogen (secondary N) is 1. The third kappa shape index (κ3) is 3.04. The maximum Gasteiger partial charge on any atom is 0.412 e. The van der Waals surface area contributed by atoms with E-state index >= 15 is 0 Å². The molecule has 0 radical (unpaired) electrons. The molecule has 1 amide bonds. The molecule has 0 heterocycles. The number of hydrogen-bond donors (Lipinski definition) is 3. The summed E-state index contributed by atoms with van der Waals surface area (Å²) in [6.45, 7) is 9.45. The van der Waals surface area contributed by atoms with Crippen LogP contribution in [0.2, 0.25) is 0 Å². The first-order chi connectivity index (χ1) is 10.0. The van der Waals surface area contributed by atoms with Crippen LogP contribution in [0, 0.1) is 5.41 Å². The molecule has 5 heteroatoms. The Kier molecular flexibility index (Phi) is 3.90. The van der Waals surface area contributed by atoms with E-state index in [1.807, 2.05) is 0 Å². The summed E-state index contributed by atoms with van der Waals surface area (Å²) < 4.78 is 5.22. The molecule has 1 aromatic carbocycles. The minimum absolute atomic E-state index is 0.0382. The van der Waals surface area contributed by atoms with Crippen LogP contribution in [-0.2, 0) is 10.2 Å². The summed E-state index contributed by atoms with van der Waals surface area (Å²) in [6.07, 6.45) is 0.247. The highest BCUT2D eigenvalue weighted by Crippen LogP contribution is 2.65. The number of benzene rings is 1. The predicted molar refractivity (Wildman–Crippen MR) is 85.1 cm³/mol. The van der Waals surface area contributed by atoms with Gasteiger partial charge in [0.1, 0.15) is 11.4 Å². The van der Waals surface area contributed by atoms with E-state index < -0.39 is 17.1 Å². The zero-order chi connectivity index (χ0) is 16.8. The van der Waals surface area contributed by atoms with Gasteiger partial charge in [-0.2, -0.15) is 0 Å². The number of carbonyl (C=O) groups excluding carboxylic acids is 1. The Hall–Kier alpha value is -1.75. The van der Waals surface area contributed by atoms with Crippen molar-refractivity contribution < 1.29 is 19.7 Å². The second-order valence-corrected chi connectivity index (χ2v) is 7.66. The topological polar surface area (TPSA) is 78.8 Å². The van der Waals surface area contributed by atoms with Gasteiger partial charge in [0, 0.05) is 16.7 Å². The van der Waals surface area contributed by atoms with Crippen molar-refractivity contribution >= 4 is 11.8 Å². The molecule has 1 unspecified atom stereocenters. The van der Waals surface area contributed by atoms with E-state index in [2.05, 4.69) is 19.2 Å². The van der Waals surface area contributed by atoms with Crippen LogP contribution in [0.4, 0.5) is 10.5 Å². The van der Waals surface area contributed by atoms with E-state index in [9.17, 15) is 15.0 Å². The minimum atomic E-state index is -0.575. The SMILES string of the molecule is CC(C)(C)OC(=O)Nc1ccc(O)c(C2(CO)CC2(C)C)c1. The van der Waals surface area contributed by atoms with Crippen LogP contribution in [0.25, 0.3) is 0 Å². The molecule has 0 aromatic heterocycles. The number of aromatic hydroxyl groups is 1. The molecule has 1 aliphatic rings. The molecule has 22 heavy (non-hydrogen) atoms. The van der Waals surface area contributed by atoms with Crippen LogP contribution in [0.15, 0.2) is 18.2 Å². The highest BCUT2D eigenvalue weighted by atomic mass is 16.6. The largest absolute Gasteiger partial charge is 0.508 e. The Morgan fingerprint density at radius 2 is 1.95 bits per heavy atom. The molecule has 3 N–H and O–H groups in total. The molecule has 0 aliphatic heterocycles. The van der Waals surface area contributed by atoms with Gasteiger partial charge in [0.05, 0.1) is 6.61 Å². The number of rotatable bonds is 3. The molecule has 0 saturated heterocycles. The number of phenolic OH excluding ortho intramolecular Hbond substituents is 1. The maximum absolute atomic E-state index is 11.8. The lowest BCUT2D eigenvalue weighted by atomic mass is 9.87. The van der Waals surface area contributed by atoms with Gasteiger partial charge in [-0.15, -0.1) is 0 Å². The van der Waals surface area contributed by atoms with Crippen LogP contribution in [0.3, 0.4) is 0 Å². The van der Waals surface area contributed by atoms with Crippen molar-refractivity contribution in [3.63, 3.8) is 0 Å². The number of ether oxygens (including phenoxy) is 1. The number of hydrogen-bond acceptors (Lipinski definition) is 4. The molecular weight excluding hydrogens is 282 g/mol. The zero-order valence-electron chi connectivity index (χ0n) is 13.9. The maximum atomic E-state index is 11.8. The van der Waals surface area contributed by atoms with E-state index in [1.165, 1.54) is 6.07 Å². The Balaban J connectivity index is 2.23. The summed E-state index contributed by atoms with van der Waals surface area (Å²) in [5.41, 5.74) is 0.0901. The minimum Gasteiger partial charge on any atom is -0.508 e. The molecule has 1 fully saturated rings. The van der Waals surface area contributed by atoms with Gasteiger partial charge in [0.15, 0.2) is 0 Å². The molecule has 1 aromatic rings. The quantitative estimate of drug-likeness (QED) is 0.748. The fraction of sp³-hybridized carbons (Fsp3) is 0.588. The summed E-state index contributed by atoms with van der Waals surface area (Å²) in [5.74, 6) is 0.134. The first-order valence-electron chi connectivity index (χ1n) is 7.45. The molecule has 1 saturated carbocycles. The standard InChI is InChI=1S/C17H25NO4/c1-15(2,3)22-14(21)18-11-6-7-13(20)12(8-11)17(10-19)9-16(17,4)5/h6-8,19-20H,9-10H2,1-5H3,(H,18,21). The molecule has 5 nitrogen and oxygen atoms in total. The Bertz CT molecular complexity index is 589. The lowest BCUT2D eigenvalue weighted by molar-refractivity contribution is 0.0636. The lowest BCUT2D eigenvalue weighted by Crippen LogP contribution is -2.27. The van der Waals surface area contributed by atoms with E-state index in [0.717, 1.165) is 6.42 Å². The van der Waals surface area contributed by atoms with Crippen molar-refractivity contribution in [2.45, 2.75) is 52.1 Å². The fourth-order valence-corrected chi connectivity index (χ4v) is 2.94. The first kappa shape index (κ1) is 16.6. The third-order valence-electron chi connectivity index (χ3n) is 4.34. The van der Waals surface area contributed by atoms with Crippen molar-refractivity contribution in [2.75, 3.05) is 11.9 Å². The van der Waals surface area contributed by atoms with Gasteiger partial charge in [0.25, 0.3) is 0 Å². The van der Waals surface area contributed by atoms with Crippen molar-refractivity contribution in [1.29, 1.82) is 0 Å². The number of amides is 1. The van der Waals surface area contributed by atoms with Crippen molar-refractivity contribution in [3.05, 3.63) is 23.8 Å². The van der Waals surface area contributed by atoms with Crippen molar-refractivity contribution in [3.8, 4) is 5.75 Å². The van der Waals surface area contributed by atoms with Gasteiger partial charge >= 0.3 is 6.09 Å². The second kappa shape index (κ2) is 5.16. The zero-order valence-corrected chi connectivity index (χ0v) is 13.9. The summed E-state index contributed by atoms with van der Waals surface area (Å²) in [6, 6.07) is 4.86. The predicted octanol–water partition coefficient (Wildman–Crippen LogP) is 3.40. The van der Waals surface area contributed by atoms with E-state index in [4.69, 9.17) is 4.74 Å². The monoisotopic (exact) mass is 307 g/mol. The third-order valence-corrected chi connectivity index (χ3v) is 4.34. The molecule has 122 valence electrons. The van der Waals surface area contributed by atoms with Crippen molar-refractivity contribution in [1.82, 2.24) is 0 Å². The number of anilines is 1. The molecule has 0 spiro atoms. The smallest absolute Gasteiger partial charge is 0.412 e. The van der Waals surface area contributed by atoms with Gasteiger partial charge in [-0.3, -0.25) is 5.32 Å². The lowest BCUT2D eigenvalue weighted by Gasteiger charge is -2.22. The van der Waals surface area contributed by atoms with Crippen LogP contribution in [0.1, 0.15) is 46.6 Å². The van der Waals surface area contributed by atoms with Gasteiger partial charge in [0.2, 0.25) is 0 Å². The van der Waals surface area contributed by atoms with E-state index in [-0.39, 0.29) is 17.8 Å². The molecular formula is C17H25NO4. The van der Waals surface area contributed by atoms with Gasteiger partial charge in [-0.25, -0.2) is 4.79 Å². The van der Waals surface area contributed by atoms with Gasteiger partial charge in [-0.05, 0) is 50.8 Å². The Labute approximate surface area is 131 Å². The highest BCUT2D eigenvalue weighted by Gasteiger charge is 2.62. The second-order valence-electron chi connectivity index (χ2n) is 7.66. The Morgan fingerprint density at radius 3 is 2.41 bits per heavy atom. The van der Waals surface area contributed by atoms with E-state index in [0.29, 0.717) is 11.3 Å². The summed E-state index contributed by atoms with van der Waals surface area (Å²) in [7, 11) is 0.